The molecule has 0 bridgehead atoms. The second-order valence-electron chi connectivity index (χ2n) is 7.17. The van der Waals surface area contributed by atoms with Gasteiger partial charge in [-0.3, -0.25) is 9.59 Å². The van der Waals surface area contributed by atoms with Crippen molar-refractivity contribution in [2.45, 2.75) is 46.5 Å². The molecule has 0 aliphatic rings. The lowest BCUT2D eigenvalue weighted by Crippen LogP contribution is -2.48. The molecule has 1 unspecified atom stereocenters. The van der Waals surface area contributed by atoms with Gasteiger partial charge in [0, 0.05) is 12.0 Å². The summed E-state index contributed by atoms with van der Waals surface area (Å²) in [5.41, 5.74) is -0.959. The molecule has 0 aliphatic carbocycles. The van der Waals surface area contributed by atoms with Gasteiger partial charge < -0.3 is 10.4 Å². The van der Waals surface area contributed by atoms with E-state index in [-0.39, 0.29) is 12.5 Å². The van der Waals surface area contributed by atoms with Crippen molar-refractivity contribution in [1.29, 1.82) is 0 Å². The third-order valence-electron chi connectivity index (χ3n) is 4.02. The van der Waals surface area contributed by atoms with Crippen molar-refractivity contribution in [2.75, 3.05) is 6.54 Å². The first-order chi connectivity index (χ1) is 10.1. The fourth-order valence-electron chi connectivity index (χ4n) is 2.72. The highest BCUT2D eigenvalue weighted by atomic mass is 16.4. The third-order valence-corrected chi connectivity index (χ3v) is 4.02. The maximum absolute atomic E-state index is 12.4. The Hall–Kier alpha value is -1.84. The summed E-state index contributed by atoms with van der Waals surface area (Å²) in [4.78, 5) is 24.1. The van der Waals surface area contributed by atoms with E-state index in [1.165, 1.54) is 0 Å². The standard InChI is InChI=1S/C18H27NO3/c1-13(2)11-17(3,4)15(20)19-12-18(5,16(21)22)14-9-7-6-8-10-14/h6-10,13H,11-12H2,1-5H3,(H,19,20)(H,21,22). The van der Waals surface area contributed by atoms with Gasteiger partial charge in [-0.1, -0.05) is 58.0 Å². The van der Waals surface area contributed by atoms with Crippen LogP contribution in [0.2, 0.25) is 0 Å². The fraction of sp³-hybridized carbons (Fsp3) is 0.556. The van der Waals surface area contributed by atoms with E-state index in [9.17, 15) is 14.7 Å². The summed E-state index contributed by atoms with van der Waals surface area (Å²) >= 11 is 0. The number of hydrogen-bond donors (Lipinski definition) is 2. The number of amides is 1. The number of nitrogens with one attached hydrogen (secondary N) is 1. The second kappa shape index (κ2) is 6.95. The summed E-state index contributed by atoms with van der Waals surface area (Å²) in [6.07, 6.45) is 0.758. The normalized spacial score (nSPS) is 14.5. The number of carbonyl (C=O) groups excluding carboxylic acids is 1. The van der Waals surface area contributed by atoms with Gasteiger partial charge in [-0.05, 0) is 24.8 Å². The average Bonchev–Trinajstić information content (AvgIpc) is 2.43. The zero-order chi connectivity index (χ0) is 17.0. The molecule has 0 aromatic heterocycles. The van der Waals surface area contributed by atoms with Gasteiger partial charge >= 0.3 is 5.97 Å². The SMILES string of the molecule is CC(C)CC(C)(C)C(=O)NCC(C)(C(=O)O)c1ccccc1. The van der Waals surface area contributed by atoms with Crippen molar-refractivity contribution in [1.82, 2.24) is 5.32 Å². The summed E-state index contributed by atoms with van der Waals surface area (Å²) in [7, 11) is 0. The Morgan fingerprint density at radius 3 is 2.14 bits per heavy atom. The largest absolute Gasteiger partial charge is 0.481 e. The van der Waals surface area contributed by atoms with Gasteiger partial charge in [0.2, 0.25) is 5.91 Å². The average molecular weight is 305 g/mol. The van der Waals surface area contributed by atoms with Crippen LogP contribution in [0.15, 0.2) is 30.3 Å². The Labute approximate surface area is 132 Å². The molecule has 0 saturated carbocycles. The van der Waals surface area contributed by atoms with Crippen molar-refractivity contribution in [3.05, 3.63) is 35.9 Å². The molecule has 0 saturated heterocycles. The predicted molar refractivity (Wildman–Crippen MR) is 87.7 cm³/mol. The summed E-state index contributed by atoms with van der Waals surface area (Å²) in [5.74, 6) is -0.647. The molecule has 122 valence electrons. The zero-order valence-electron chi connectivity index (χ0n) is 14.1. The molecule has 1 aromatic rings. The fourth-order valence-corrected chi connectivity index (χ4v) is 2.72. The van der Waals surface area contributed by atoms with Gasteiger partial charge in [0.05, 0.1) is 0 Å². The minimum atomic E-state index is -1.13. The Morgan fingerprint density at radius 1 is 1.14 bits per heavy atom. The highest BCUT2D eigenvalue weighted by Crippen LogP contribution is 2.27. The molecule has 0 spiro atoms. The van der Waals surface area contributed by atoms with Crippen molar-refractivity contribution in [3.8, 4) is 0 Å². The number of carbonyl (C=O) groups is 2. The predicted octanol–water partition coefficient (Wildman–Crippen LogP) is 3.22. The van der Waals surface area contributed by atoms with E-state index in [4.69, 9.17) is 0 Å². The number of aliphatic carboxylic acids is 1. The van der Waals surface area contributed by atoms with Gasteiger partial charge in [-0.25, -0.2) is 0 Å². The molecule has 2 N–H and O–H groups in total. The van der Waals surface area contributed by atoms with Crippen molar-refractivity contribution in [3.63, 3.8) is 0 Å². The quantitative estimate of drug-likeness (QED) is 0.813. The van der Waals surface area contributed by atoms with Gasteiger partial charge in [-0.15, -0.1) is 0 Å². The Balaban J connectivity index is 2.86. The molecular weight excluding hydrogens is 278 g/mol. The van der Waals surface area contributed by atoms with Crippen LogP contribution in [0.3, 0.4) is 0 Å². The molecule has 4 nitrogen and oxygen atoms in total. The highest BCUT2D eigenvalue weighted by Gasteiger charge is 2.37. The van der Waals surface area contributed by atoms with Crippen LogP contribution in [0.5, 0.6) is 0 Å². The molecule has 0 fully saturated rings. The van der Waals surface area contributed by atoms with Crippen molar-refractivity contribution >= 4 is 11.9 Å². The molecule has 0 aliphatic heterocycles. The number of carboxylic acid groups (broad SMARTS) is 1. The minimum absolute atomic E-state index is 0.0761. The molecule has 0 heterocycles. The van der Waals surface area contributed by atoms with Crippen LogP contribution in [0.4, 0.5) is 0 Å². The smallest absolute Gasteiger partial charge is 0.315 e. The summed E-state index contributed by atoms with van der Waals surface area (Å²) in [6.45, 7) is 9.64. The first-order valence-corrected chi connectivity index (χ1v) is 7.67. The topological polar surface area (TPSA) is 66.4 Å². The number of benzene rings is 1. The lowest BCUT2D eigenvalue weighted by atomic mass is 9.80. The van der Waals surface area contributed by atoms with Crippen LogP contribution in [-0.4, -0.2) is 23.5 Å². The van der Waals surface area contributed by atoms with Crippen LogP contribution in [0.25, 0.3) is 0 Å². The zero-order valence-corrected chi connectivity index (χ0v) is 14.1. The number of carboxylic acids is 1. The molecule has 1 rings (SSSR count). The Bertz CT molecular complexity index is 522. The first kappa shape index (κ1) is 18.2. The van der Waals surface area contributed by atoms with E-state index in [0.29, 0.717) is 11.5 Å². The van der Waals surface area contributed by atoms with Crippen LogP contribution >= 0.6 is 0 Å². The first-order valence-electron chi connectivity index (χ1n) is 7.67. The number of hydrogen-bond acceptors (Lipinski definition) is 2. The monoisotopic (exact) mass is 305 g/mol. The molecule has 1 amide bonds. The highest BCUT2D eigenvalue weighted by molar-refractivity contribution is 5.85. The molecule has 1 aromatic carbocycles. The summed E-state index contributed by atoms with van der Waals surface area (Å²) < 4.78 is 0. The summed E-state index contributed by atoms with van der Waals surface area (Å²) in [5, 5.41) is 12.4. The lowest BCUT2D eigenvalue weighted by Gasteiger charge is -2.30. The van der Waals surface area contributed by atoms with Crippen LogP contribution in [0.1, 0.15) is 46.6 Å². The second-order valence-corrected chi connectivity index (χ2v) is 7.17. The van der Waals surface area contributed by atoms with Crippen molar-refractivity contribution in [2.24, 2.45) is 11.3 Å². The van der Waals surface area contributed by atoms with Gasteiger partial charge in [0.15, 0.2) is 0 Å². The van der Waals surface area contributed by atoms with Gasteiger partial charge in [-0.2, -0.15) is 0 Å². The molecule has 1 atom stereocenters. The van der Waals surface area contributed by atoms with Crippen LogP contribution in [-0.2, 0) is 15.0 Å². The third kappa shape index (κ3) is 4.33. The maximum Gasteiger partial charge on any atom is 0.315 e. The van der Waals surface area contributed by atoms with Crippen molar-refractivity contribution < 1.29 is 14.7 Å². The molecule has 4 heteroatoms. The van der Waals surface area contributed by atoms with Gasteiger partial charge in [0.25, 0.3) is 0 Å². The van der Waals surface area contributed by atoms with Crippen LogP contribution < -0.4 is 5.32 Å². The van der Waals surface area contributed by atoms with E-state index >= 15 is 0 Å². The lowest BCUT2D eigenvalue weighted by molar-refractivity contribution is -0.143. The van der Waals surface area contributed by atoms with E-state index in [1.807, 2.05) is 19.9 Å². The Morgan fingerprint density at radius 2 is 1.68 bits per heavy atom. The number of rotatable bonds is 7. The van der Waals surface area contributed by atoms with Crippen LogP contribution in [0, 0.1) is 11.3 Å². The van der Waals surface area contributed by atoms with E-state index in [2.05, 4.69) is 19.2 Å². The van der Waals surface area contributed by atoms with E-state index in [1.54, 1.807) is 31.2 Å². The molecule has 22 heavy (non-hydrogen) atoms. The summed E-state index contributed by atoms with van der Waals surface area (Å²) in [6, 6.07) is 9.01. The molecule has 0 radical (unpaired) electrons. The van der Waals surface area contributed by atoms with Gasteiger partial charge in [0.1, 0.15) is 5.41 Å². The Kier molecular flexibility index (Phi) is 5.75. The minimum Gasteiger partial charge on any atom is -0.481 e. The van der Waals surface area contributed by atoms with E-state index < -0.39 is 16.8 Å². The maximum atomic E-state index is 12.4. The molecular formula is C18H27NO3. The van der Waals surface area contributed by atoms with E-state index in [0.717, 1.165) is 6.42 Å².